The van der Waals surface area contributed by atoms with E-state index in [9.17, 15) is 4.79 Å². The Morgan fingerprint density at radius 1 is 1.30 bits per heavy atom. The lowest BCUT2D eigenvalue weighted by Gasteiger charge is -2.41. The zero-order valence-electron chi connectivity index (χ0n) is 13.4. The van der Waals surface area contributed by atoms with E-state index < -0.39 is 0 Å². The Balaban J connectivity index is 1.46. The van der Waals surface area contributed by atoms with Gasteiger partial charge >= 0.3 is 0 Å². The van der Waals surface area contributed by atoms with Crippen molar-refractivity contribution in [3.63, 3.8) is 0 Å². The summed E-state index contributed by atoms with van der Waals surface area (Å²) in [4.78, 5) is 20.7. The highest BCUT2D eigenvalue weighted by Crippen LogP contribution is 2.33. The number of carbonyl (C=O) groups excluding carboxylic acids is 1. The Morgan fingerprint density at radius 3 is 3.04 bits per heavy atom. The van der Waals surface area contributed by atoms with Crippen molar-refractivity contribution in [3.8, 4) is 0 Å². The van der Waals surface area contributed by atoms with E-state index in [-0.39, 0.29) is 17.9 Å². The number of fused-ring (bicyclic) bond motifs is 1. The Bertz CT molecular complexity index is 527. The molecule has 0 N–H and O–H groups in total. The zero-order chi connectivity index (χ0) is 15.6. The molecule has 0 radical (unpaired) electrons. The molecule has 3 aliphatic heterocycles. The van der Waals surface area contributed by atoms with Crippen LogP contribution in [-0.4, -0.2) is 54.3 Å². The lowest BCUT2D eigenvalue weighted by Crippen LogP contribution is -2.53. The van der Waals surface area contributed by atoms with E-state index in [0.29, 0.717) is 19.2 Å². The molecule has 0 spiro atoms. The van der Waals surface area contributed by atoms with Crippen LogP contribution in [0.15, 0.2) is 23.0 Å². The molecular formula is C17H24N2O4. The van der Waals surface area contributed by atoms with Gasteiger partial charge in [-0.05, 0) is 31.7 Å². The number of hydroxylamine groups is 2. The van der Waals surface area contributed by atoms with Crippen LogP contribution >= 0.6 is 0 Å². The highest BCUT2D eigenvalue weighted by Gasteiger charge is 2.43. The van der Waals surface area contributed by atoms with E-state index in [1.165, 1.54) is 0 Å². The van der Waals surface area contributed by atoms with Gasteiger partial charge in [-0.25, -0.2) is 5.06 Å². The fourth-order valence-electron chi connectivity index (χ4n) is 4.01. The predicted octanol–water partition coefficient (Wildman–Crippen LogP) is 1.81. The molecule has 4 rings (SSSR count). The zero-order valence-corrected chi connectivity index (χ0v) is 13.4. The van der Waals surface area contributed by atoms with E-state index in [4.69, 9.17) is 14.0 Å². The maximum absolute atomic E-state index is 12.8. The summed E-state index contributed by atoms with van der Waals surface area (Å²) in [5, 5.41) is 1.58. The van der Waals surface area contributed by atoms with E-state index in [2.05, 4.69) is 4.90 Å². The van der Waals surface area contributed by atoms with Gasteiger partial charge in [0.1, 0.15) is 0 Å². The summed E-state index contributed by atoms with van der Waals surface area (Å²) in [5.74, 6) is 0.0789. The van der Waals surface area contributed by atoms with E-state index in [1.54, 1.807) is 17.6 Å². The minimum Gasteiger partial charge on any atom is -0.472 e. The van der Waals surface area contributed by atoms with Crippen LogP contribution in [0.3, 0.4) is 0 Å². The summed E-state index contributed by atoms with van der Waals surface area (Å²) in [6.45, 7) is 3.74. The van der Waals surface area contributed by atoms with Crippen molar-refractivity contribution >= 4 is 5.91 Å². The molecule has 0 bridgehead atoms. The molecule has 1 aromatic heterocycles. The molecule has 23 heavy (non-hydrogen) atoms. The van der Waals surface area contributed by atoms with Gasteiger partial charge in [0.2, 0.25) is 0 Å². The van der Waals surface area contributed by atoms with Gasteiger partial charge in [-0.2, -0.15) is 0 Å². The minimum atomic E-state index is -0.0423. The number of amides is 1. The smallest absolute Gasteiger partial charge is 0.250 e. The first-order valence-electron chi connectivity index (χ1n) is 8.62. The number of hydrogen-bond acceptors (Lipinski definition) is 5. The van der Waals surface area contributed by atoms with Gasteiger partial charge in [-0.1, -0.05) is 0 Å². The summed E-state index contributed by atoms with van der Waals surface area (Å²) >= 11 is 0. The van der Waals surface area contributed by atoms with Crippen molar-refractivity contribution in [2.24, 2.45) is 5.92 Å². The van der Waals surface area contributed by atoms with Gasteiger partial charge in [0, 0.05) is 37.8 Å². The molecule has 0 aliphatic carbocycles. The number of piperidine rings is 1. The number of ether oxygens (including phenoxy) is 1. The molecule has 0 aromatic carbocycles. The quantitative estimate of drug-likeness (QED) is 0.850. The van der Waals surface area contributed by atoms with Gasteiger partial charge in [-0.3, -0.25) is 14.5 Å². The van der Waals surface area contributed by atoms with Crippen LogP contribution in [0.1, 0.15) is 31.2 Å². The lowest BCUT2D eigenvalue weighted by atomic mass is 9.89. The second kappa shape index (κ2) is 6.63. The summed E-state index contributed by atoms with van der Waals surface area (Å²) in [6, 6.07) is 2.40. The maximum Gasteiger partial charge on any atom is 0.250 e. The van der Waals surface area contributed by atoms with Crippen molar-refractivity contribution in [2.75, 3.05) is 26.3 Å². The first kappa shape index (κ1) is 15.2. The highest BCUT2D eigenvalue weighted by atomic mass is 16.7. The monoisotopic (exact) mass is 320 g/mol. The van der Waals surface area contributed by atoms with Crippen LogP contribution in [0.25, 0.3) is 0 Å². The molecule has 0 unspecified atom stereocenters. The normalized spacial score (nSPS) is 32.0. The Morgan fingerprint density at radius 2 is 2.26 bits per heavy atom. The molecule has 1 aromatic rings. The number of likely N-dealkylation sites (tertiary alicyclic amines) is 1. The summed E-state index contributed by atoms with van der Waals surface area (Å²) in [5.41, 5.74) is 1.15. The SMILES string of the molecule is O=C([C@H]1C[C@H]2OCC[C@H]2N(Cc2ccoc2)C1)N1CCCCO1. The van der Waals surface area contributed by atoms with Crippen LogP contribution in [0.4, 0.5) is 0 Å². The molecule has 1 amide bonds. The number of rotatable bonds is 3. The average Bonchev–Trinajstić information content (AvgIpc) is 3.26. The van der Waals surface area contributed by atoms with Gasteiger partial charge in [0.05, 0.1) is 31.2 Å². The molecule has 126 valence electrons. The third-order valence-corrected chi connectivity index (χ3v) is 5.18. The van der Waals surface area contributed by atoms with Crippen molar-refractivity contribution in [2.45, 2.75) is 44.4 Å². The number of nitrogens with zero attached hydrogens (tertiary/aromatic N) is 2. The fraction of sp³-hybridized carbons (Fsp3) is 0.706. The molecule has 3 atom stereocenters. The Kier molecular flexibility index (Phi) is 4.37. The third kappa shape index (κ3) is 3.16. The Labute approximate surface area is 136 Å². The topological polar surface area (TPSA) is 55.2 Å². The summed E-state index contributed by atoms with van der Waals surface area (Å²) in [6.07, 6.45) is 7.56. The summed E-state index contributed by atoms with van der Waals surface area (Å²) < 4.78 is 11.1. The van der Waals surface area contributed by atoms with Crippen LogP contribution in [-0.2, 0) is 20.9 Å². The third-order valence-electron chi connectivity index (χ3n) is 5.18. The largest absolute Gasteiger partial charge is 0.472 e. The first-order valence-corrected chi connectivity index (χ1v) is 8.62. The van der Waals surface area contributed by atoms with Gasteiger partial charge < -0.3 is 9.15 Å². The van der Waals surface area contributed by atoms with Crippen LogP contribution in [0, 0.1) is 5.92 Å². The molecule has 4 heterocycles. The minimum absolute atomic E-state index is 0.0423. The van der Waals surface area contributed by atoms with Gasteiger partial charge in [0.25, 0.3) is 5.91 Å². The number of hydrogen-bond donors (Lipinski definition) is 0. The molecule has 3 aliphatic rings. The van der Waals surface area contributed by atoms with Crippen molar-refractivity contribution in [3.05, 3.63) is 24.2 Å². The lowest BCUT2D eigenvalue weighted by molar-refractivity contribution is -0.204. The molecule has 3 saturated heterocycles. The highest BCUT2D eigenvalue weighted by molar-refractivity contribution is 5.78. The molecule has 3 fully saturated rings. The second-order valence-corrected chi connectivity index (χ2v) is 6.74. The fourth-order valence-corrected chi connectivity index (χ4v) is 4.01. The van der Waals surface area contributed by atoms with Crippen LogP contribution in [0.5, 0.6) is 0 Å². The van der Waals surface area contributed by atoms with Crippen LogP contribution < -0.4 is 0 Å². The van der Waals surface area contributed by atoms with Crippen molar-refractivity contribution in [1.82, 2.24) is 9.96 Å². The standard InChI is InChI=1S/C17H24N2O4/c20-17(19-5-1-2-6-23-19)14-9-16-15(4-8-22-16)18(11-14)10-13-3-7-21-12-13/h3,7,12,14-16H,1-2,4-6,8-11H2/t14-,15+,16+/m0/s1. The van der Waals surface area contributed by atoms with E-state index in [0.717, 1.165) is 50.9 Å². The summed E-state index contributed by atoms with van der Waals surface area (Å²) in [7, 11) is 0. The molecular weight excluding hydrogens is 296 g/mol. The van der Waals surface area contributed by atoms with Gasteiger partial charge in [0.15, 0.2) is 0 Å². The van der Waals surface area contributed by atoms with Gasteiger partial charge in [-0.15, -0.1) is 0 Å². The second-order valence-electron chi connectivity index (χ2n) is 6.74. The van der Waals surface area contributed by atoms with E-state index in [1.807, 2.05) is 6.07 Å². The first-order chi connectivity index (χ1) is 11.3. The van der Waals surface area contributed by atoms with E-state index >= 15 is 0 Å². The van der Waals surface area contributed by atoms with Crippen molar-refractivity contribution < 1.29 is 18.8 Å². The van der Waals surface area contributed by atoms with Crippen LogP contribution in [0.2, 0.25) is 0 Å². The molecule has 0 saturated carbocycles. The number of carbonyl (C=O) groups is 1. The molecule has 6 heteroatoms. The Hall–Kier alpha value is -1.37. The predicted molar refractivity (Wildman–Crippen MR) is 82.3 cm³/mol. The number of furan rings is 1. The average molecular weight is 320 g/mol. The molecule has 6 nitrogen and oxygen atoms in total. The van der Waals surface area contributed by atoms with Crippen molar-refractivity contribution in [1.29, 1.82) is 0 Å². The maximum atomic E-state index is 12.8.